The number of nitrogens with one attached hydrogen (secondary N) is 1. The molecular formula is C17H27ClN2S. The first kappa shape index (κ1) is 17.1. The predicted octanol–water partition coefficient (Wildman–Crippen LogP) is 4.71. The predicted molar refractivity (Wildman–Crippen MR) is 94.4 cm³/mol. The highest BCUT2D eigenvalue weighted by Crippen LogP contribution is 2.29. The molecule has 2 rings (SSSR count). The van der Waals surface area contributed by atoms with Crippen molar-refractivity contribution in [2.45, 2.75) is 63.2 Å². The zero-order valence-electron chi connectivity index (χ0n) is 13.0. The molecule has 0 amide bonds. The Bertz CT molecular complexity index is 408. The van der Waals surface area contributed by atoms with Gasteiger partial charge in [-0.15, -0.1) is 0 Å². The Balaban J connectivity index is 1.86. The van der Waals surface area contributed by atoms with Crippen LogP contribution in [0, 0.1) is 0 Å². The van der Waals surface area contributed by atoms with E-state index in [0.717, 1.165) is 23.2 Å². The molecule has 1 aliphatic rings. The van der Waals surface area contributed by atoms with Crippen LogP contribution in [-0.2, 0) is 6.42 Å². The van der Waals surface area contributed by atoms with Crippen LogP contribution in [0.1, 0.15) is 51.0 Å². The van der Waals surface area contributed by atoms with Gasteiger partial charge in [-0.1, -0.05) is 37.8 Å². The topological polar surface area (TPSA) is 24.9 Å². The first-order valence-corrected chi connectivity index (χ1v) is 9.65. The van der Waals surface area contributed by atoms with E-state index in [4.69, 9.17) is 11.6 Å². The summed E-state index contributed by atoms with van der Waals surface area (Å²) in [5.41, 5.74) is 1.21. The number of hydrogen-bond acceptors (Lipinski definition) is 3. The summed E-state index contributed by atoms with van der Waals surface area (Å²) >= 11 is 8.41. The van der Waals surface area contributed by atoms with Crippen LogP contribution in [0.3, 0.4) is 0 Å². The fourth-order valence-electron chi connectivity index (χ4n) is 2.86. The van der Waals surface area contributed by atoms with E-state index < -0.39 is 0 Å². The lowest BCUT2D eigenvalue weighted by Gasteiger charge is -2.25. The van der Waals surface area contributed by atoms with E-state index in [1.54, 1.807) is 6.20 Å². The van der Waals surface area contributed by atoms with Gasteiger partial charge in [0, 0.05) is 29.4 Å². The molecule has 1 aliphatic carbocycles. The Kier molecular flexibility index (Phi) is 7.91. The van der Waals surface area contributed by atoms with E-state index in [2.05, 4.69) is 29.0 Å². The number of hydrogen-bond donors (Lipinski definition) is 1. The van der Waals surface area contributed by atoms with Gasteiger partial charge in [0.1, 0.15) is 0 Å². The van der Waals surface area contributed by atoms with Crippen molar-refractivity contribution in [2.75, 3.05) is 12.3 Å². The molecular weight excluding hydrogens is 300 g/mol. The average Bonchev–Trinajstić information content (AvgIpc) is 2.53. The first-order valence-electron chi connectivity index (χ1n) is 8.23. The van der Waals surface area contributed by atoms with Crippen LogP contribution >= 0.6 is 23.4 Å². The zero-order valence-corrected chi connectivity index (χ0v) is 14.6. The van der Waals surface area contributed by atoms with Crippen LogP contribution in [0.25, 0.3) is 0 Å². The van der Waals surface area contributed by atoms with Crippen molar-refractivity contribution < 1.29 is 0 Å². The summed E-state index contributed by atoms with van der Waals surface area (Å²) in [6.07, 6.45) is 12.8. The molecule has 4 heteroatoms. The van der Waals surface area contributed by atoms with Gasteiger partial charge < -0.3 is 5.32 Å². The third kappa shape index (κ3) is 6.17. The van der Waals surface area contributed by atoms with Crippen molar-refractivity contribution in [1.82, 2.24) is 10.3 Å². The van der Waals surface area contributed by atoms with Crippen LogP contribution in [0.5, 0.6) is 0 Å². The third-order valence-electron chi connectivity index (χ3n) is 4.09. The van der Waals surface area contributed by atoms with Gasteiger partial charge in [-0.3, -0.25) is 4.98 Å². The number of thioether (sulfide) groups is 1. The third-order valence-corrected chi connectivity index (χ3v) is 5.97. The quantitative estimate of drug-likeness (QED) is 0.748. The fourth-order valence-corrected chi connectivity index (χ4v) is 4.46. The highest BCUT2D eigenvalue weighted by molar-refractivity contribution is 7.99. The maximum absolute atomic E-state index is 6.25. The molecule has 0 bridgehead atoms. The largest absolute Gasteiger partial charge is 0.313 e. The lowest BCUT2D eigenvalue weighted by Crippen LogP contribution is -2.34. The lowest BCUT2D eigenvalue weighted by atomic mass is 10.0. The van der Waals surface area contributed by atoms with Crippen molar-refractivity contribution in [1.29, 1.82) is 0 Å². The average molecular weight is 327 g/mol. The summed E-state index contributed by atoms with van der Waals surface area (Å²) in [5.74, 6) is 1.18. The Morgan fingerprint density at radius 2 is 2.19 bits per heavy atom. The lowest BCUT2D eigenvalue weighted by molar-refractivity contribution is 0.511. The summed E-state index contributed by atoms with van der Waals surface area (Å²) in [6.45, 7) is 3.30. The van der Waals surface area contributed by atoms with Crippen molar-refractivity contribution in [3.8, 4) is 0 Å². The van der Waals surface area contributed by atoms with E-state index in [-0.39, 0.29) is 0 Å². The fraction of sp³-hybridized carbons (Fsp3) is 0.706. The van der Waals surface area contributed by atoms with Crippen LogP contribution in [0.15, 0.2) is 18.5 Å². The maximum atomic E-state index is 6.25. The minimum Gasteiger partial charge on any atom is -0.313 e. The number of rotatable bonds is 8. The van der Waals surface area contributed by atoms with E-state index in [1.165, 1.54) is 49.8 Å². The number of halogens is 1. The van der Waals surface area contributed by atoms with Gasteiger partial charge in [0.15, 0.2) is 0 Å². The number of nitrogens with zero attached hydrogens (tertiary/aromatic N) is 1. The van der Waals surface area contributed by atoms with Crippen molar-refractivity contribution in [3.63, 3.8) is 0 Å². The molecule has 118 valence electrons. The van der Waals surface area contributed by atoms with Gasteiger partial charge >= 0.3 is 0 Å². The van der Waals surface area contributed by atoms with Crippen molar-refractivity contribution in [3.05, 3.63) is 29.0 Å². The Morgan fingerprint density at radius 3 is 2.90 bits per heavy atom. The molecule has 1 heterocycles. The summed E-state index contributed by atoms with van der Waals surface area (Å²) in [4.78, 5) is 4.08. The molecule has 1 atom stereocenters. The van der Waals surface area contributed by atoms with Gasteiger partial charge in [0.25, 0.3) is 0 Å². The second-order valence-corrected chi connectivity index (χ2v) is 7.66. The summed E-state index contributed by atoms with van der Waals surface area (Å²) in [5, 5.41) is 5.35. The van der Waals surface area contributed by atoms with Crippen molar-refractivity contribution in [2.24, 2.45) is 0 Å². The Morgan fingerprint density at radius 1 is 1.38 bits per heavy atom. The molecule has 0 spiro atoms. The molecule has 21 heavy (non-hydrogen) atoms. The zero-order chi connectivity index (χ0) is 14.9. The summed E-state index contributed by atoms with van der Waals surface area (Å²) < 4.78 is 0. The van der Waals surface area contributed by atoms with Gasteiger partial charge in [0.05, 0.1) is 5.02 Å². The SMILES string of the molecule is CCCNC(CSC1CCCCC1)Cc1ccncc1Cl. The van der Waals surface area contributed by atoms with Gasteiger partial charge in [-0.2, -0.15) is 11.8 Å². The molecule has 0 aliphatic heterocycles. The summed E-state index contributed by atoms with van der Waals surface area (Å²) in [6, 6.07) is 2.56. The van der Waals surface area contributed by atoms with Gasteiger partial charge in [-0.25, -0.2) is 0 Å². The van der Waals surface area contributed by atoms with E-state index >= 15 is 0 Å². The highest BCUT2D eigenvalue weighted by Gasteiger charge is 2.17. The minimum atomic E-state index is 0.511. The monoisotopic (exact) mass is 326 g/mol. The molecule has 2 nitrogen and oxygen atoms in total. The highest BCUT2D eigenvalue weighted by atomic mass is 35.5. The molecule has 0 saturated heterocycles. The van der Waals surface area contributed by atoms with Crippen LogP contribution in [0.4, 0.5) is 0 Å². The second-order valence-electron chi connectivity index (χ2n) is 5.92. The molecule has 1 aromatic rings. The van der Waals surface area contributed by atoms with Crippen LogP contribution < -0.4 is 5.32 Å². The van der Waals surface area contributed by atoms with Crippen LogP contribution in [-0.4, -0.2) is 28.6 Å². The molecule has 1 saturated carbocycles. The minimum absolute atomic E-state index is 0.511. The smallest absolute Gasteiger partial charge is 0.0621 e. The molecule has 1 unspecified atom stereocenters. The second kappa shape index (κ2) is 9.70. The van der Waals surface area contributed by atoms with Crippen molar-refractivity contribution >= 4 is 23.4 Å². The molecule has 1 aromatic heterocycles. The Labute approximate surface area is 138 Å². The molecule has 0 aromatic carbocycles. The molecule has 0 radical (unpaired) electrons. The number of pyridine rings is 1. The van der Waals surface area contributed by atoms with Gasteiger partial charge in [-0.05, 0) is 43.9 Å². The molecule has 1 N–H and O–H groups in total. The maximum Gasteiger partial charge on any atom is 0.0621 e. The number of aromatic nitrogens is 1. The normalized spacial score (nSPS) is 17.8. The Hall–Kier alpha value is -0.250. The standard InChI is InChI=1S/C17H27ClN2S/c1-2-9-20-15(11-14-8-10-19-12-17(14)18)13-21-16-6-4-3-5-7-16/h8,10,12,15-16,20H,2-7,9,11,13H2,1H3. The van der Waals surface area contributed by atoms with E-state index in [0.29, 0.717) is 6.04 Å². The van der Waals surface area contributed by atoms with E-state index in [1.807, 2.05) is 12.3 Å². The van der Waals surface area contributed by atoms with E-state index in [9.17, 15) is 0 Å². The first-order chi connectivity index (χ1) is 10.3. The molecule has 1 fully saturated rings. The van der Waals surface area contributed by atoms with Gasteiger partial charge in [0.2, 0.25) is 0 Å². The summed E-state index contributed by atoms with van der Waals surface area (Å²) in [7, 11) is 0. The van der Waals surface area contributed by atoms with Crippen LogP contribution in [0.2, 0.25) is 5.02 Å².